The van der Waals surface area contributed by atoms with Crippen LogP contribution in [0.3, 0.4) is 0 Å². The normalized spacial score (nSPS) is 16.8. The van der Waals surface area contributed by atoms with Crippen molar-refractivity contribution >= 4 is 51.8 Å². The van der Waals surface area contributed by atoms with Crippen LogP contribution in [0.2, 0.25) is 0 Å². The fourth-order valence-electron chi connectivity index (χ4n) is 9.94. The summed E-state index contributed by atoms with van der Waals surface area (Å²) >= 11 is 1.58. The van der Waals surface area contributed by atoms with Gasteiger partial charge in [-0.3, -0.25) is 23.7 Å². The van der Waals surface area contributed by atoms with E-state index in [1.165, 1.54) is 4.90 Å². The van der Waals surface area contributed by atoms with Crippen molar-refractivity contribution < 1.29 is 24.3 Å². The van der Waals surface area contributed by atoms with Gasteiger partial charge in [0.05, 0.1) is 33.4 Å². The van der Waals surface area contributed by atoms with Crippen LogP contribution < -0.4 is 22.1 Å². The molecule has 0 unspecified atom stereocenters. The maximum Gasteiger partial charge on any atom is 0.243 e. The molecule has 1 saturated carbocycles. The Hall–Kier alpha value is -7.14. The summed E-state index contributed by atoms with van der Waals surface area (Å²) in [7, 11) is 0. The monoisotopic (exact) mass is 1000 g/mol. The number of carbonyl (C=O) groups is 4. The number of nitrogen functional groups attached to an aromatic ring is 1. The van der Waals surface area contributed by atoms with Gasteiger partial charge in [0, 0.05) is 74.2 Å². The van der Waals surface area contributed by atoms with E-state index >= 15 is 0 Å². The number of fused-ring (bicyclic) bond motifs is 1. The summed E-state index contributed by atoms with van der Waals surface area (Å²) in [5, 5.41) is 16.6. The van der Waals surface area contributed by atoms with E-state index in [9.17, 15) is 24.3 Å². The van der Waals surface area contributed by atoms with E-state index in [2.05, 4.69) is 44.9 Å². The summed E-state index contributed by atoms with van der Waals surface area (Å²) in [5.41, 5.74) is 23.6. The number of rotatable bonds is 18. The van der Waals surface area contributed by atoms with E-state index in [0.29, 0.717) is 47.8 Å². The van der Waals surface area contributed by atoms with Gasteiger partial charge >= 0.3 is 0 Å². The molecule has 16 heteroatoms. The molecule has 1 aliphatic heterocycles. The second kappa shape index (κ2) is 21.5. The lowest BCUT2D eigenvalue weighted by Gasteiger charge is -2.38. The molecule has 3 atom stereocenters. The molecule has 15 nitrogen and oxygen atoms in total. The fourth-order valence-corrected chi connectivity index (χ4v) is 10.8. The van der Waals surface area contributed by atoms with Gasteiger partial charge in [-0.05, 0) is 109 Å². The highest BCUT2D eigenvalue weighted by Gasteiger charge is 2.44. The smallest absolute Gasteiger partial charge is 0.243 e. The lowest BCUT2D eigenvalue weighted by Crippen LogP contribution is -2.50. The zero-order chi connectivity index (χ0) is 51.4. The predicted octanol–water partition coefficient (Wildman–Crippen LogP) is 8.23. The topological polar surface area (TPSA) is 224 Å². The second-order valence-corrected chi connectivity index (χ2v) is 21.6. The van der Waals surface area contributed by atoms with Crippen LogP contribution in [0.25, 0.3) is 49.9 Å². The minimum absolute atomic E-state index is 0.00791. The molecule has 9 rings (SSSR count). The maximum atomic E-state index is 14.2. The molecule has 3 amide bonds. The van der Waals surface area contributed by atoms with E-state index in [4.69, 9.17) is 21.4 Å². The molecule has 3 aromatic carbocycles. The van der Waals surface area contributed by atoms with Crippen molar-refractivity contribution in [2.24, 2.45) is 17.1 Å². The number of amides is 3. The van der Waals surface area contributed by atoms with Gasteiger partial charge in [0.25, 0.3) is 0 Å². The number of nitrogens with two attached hydrogens (primary N) is 2. The van der Waals surface area contributed by atoms with E-state index in [-0.39, 0.29) is 67.8 Å². The molecule has 5 heterocycles. The molecule has 73 heavy (non-hydrogen) atoms. The van der Waals surface area contributed by atoms with Crippen molar-refractivity contribution in [1.82, 2.24) is 40.0 Å². The highest BCUT2D eigenvalue weighted by molar-refractivity contribution is 7.13. The Morgan fingerprint density at radius 3 is 2.37 bits per heavy atom. The van der Waals surface area contributed by atoms with Crippen LogP contribution in [-0.2, 0) is 37.7 Å². The molecule has 2 fully saturated rings. The van der Waals surface area contributed by atoms with Gasteiger partial charge in [-0.25, -0.2) is 19.9 Å². The number of thiazole rings is 1. The third kappa shape index (κ3) is 11.4. The van der Waals surface area contributed by atoms with Crippen LogP contribution in [0.15, 0.2) is 109 Å². The van der Waals surface area contributed by atoms with Crippen LogP contribution in [0.5, 0.6) is 0 Å². The average molecular weight is 1000 g/mol. The summed E-state index contributed by atoms with van der Waals surface area (Å²) in [5.74, 6) is -0.604. The van der Waals surface area contributed by atoms with E-state index in [1.807, 2.05) is 111 Å². The molecule has 0 radical (unpaired) electrons. The lowest BCUT2D eigenvalue weighted by molar-refractivity contribution is -0.146. The number of nitrogens with zero attached hydrogens (tertiary/aromatic N) is 6. The van der Waals surface area contributed by atoms with Crippen LogP contribution in [0.4, 0.5) is 5.82 Å². The minimum atomic E-state index is -0.853. The third-order valence-corrected chi connectivity index (χ3v) is 15.4. The summed E-state index contributed by atoms with van der Waals surface area (Å²) < 4.78 is 2.01. The number of imidazole rings is 1. The van der Waals surface area contributed by atoms with Gasteiger partial charge in [-0.1, -0.05) is 75.4 Å². The van der Waals surface area contributed by atoms with E-state index in [0.717, 1.165) is 69.0 Å². The number of pyridine rings is 2. The Morgan fingerprint density at radius 2 is 1.67 bits per heavy atom. The van der Waals surface area contributed by atoms with E-state index < -0.39 is 23.5 Å². The molecule has 0 bridgehead atoms. The van der Waals surface area contributed by atoms with Crippen molar-refractivity contribution in [3.63, 3.8) is 0 Å². The van der Waals surface area contributed by atoms with Gasteiger partial charge in [-0.2, -0.15) is 0 Å². The predicted molar refractivity (Wildman–Crippen MR) is 285 cm³/mol. The van der Waals surface area contributed by atoms with Crippen molar-refractivity contribution in [3.05, 3.63) is 131 Å². The highest BCUT2D eigenvalue weighted by Crippen LogP contribution is 2.40. The van der Waals surface area contributed by atoms with Crippen LogP contribution in [-0.4, -0.2) is 83.2 Å². The SMILES string of the molecule is Cc1ncsc1-c1ccc(CNC(=O)[C@@H]2C[C@@H](O)CN2C(=O)[C@@H](CC(=O)CCCNC(=O)CCc2cccc(-c3ccc4nc(-c5cccnc5N)n(-c5ccc(C6(N)CCC6)cc5)c4n3)c2)C(C)(C)C)cc1. The molecule has 1 saturated heterocycles. The molecule has 0 spiro atoms. The number of Topliss-reactive ketones (excluding diaryl/α,β-unsaturated/α-hetero) is 1. The summed E-state index contributed by atoms with van der Waals surface area (Å²) in [6, 6.07) is 31.0. The number of likely N-dealkylation sites (tertiary alicyclic amines) is 1. The fraction of sp³-hybridized carbons (Fsp3) is 0.368. The summed E-state index contributed by atoms with van der Waals surface area (Å²) in [6.45, 7) is 8.30. The second-order valence-electron chi connectivity index (χ2n) is 20.7. The number of nitrogens with one attached hydrogen (secondary N) is 2. The molecule has 378 valence electrons. The standard InChI is InChI=1S/C57H64N10O5S/c1-35-50(73-34-63-35)38-16-13-37(14-17-38)32-62-54(71)48-31-43(69)33-66(48)55(72)45(56(2,3)4)30-42(68)11-6-27-60-49(70)24-15-36-9-5-10-39(29-36)46-22-23-47-53(64-46)67(52(65-47)44-12-7-28-61-51(44)58)41-20-18-40(19-21-41)57(59)25-8-26-57/h5,7,9-10,12-14,16-23,28-29,34,43,45,48,69H,6,8,11,15,24-27,30-33,59H2,1-4H3,(H2,58,61)(H,60,70)(H,62,71)/t43-,45-,48+/m1/s1. The number of aliphatic hydroxyl groups is 1. The van der Waals surface area contributed by atoms with E-state index in [1.54, 1.807) is 17.5 Å². The molecule has 2 aliphatic rings. The number of β-amino-alcohol motifs (C(OH)–C–C–N with tert-alkyl or cyclic N) is 1. The average Bonchev–Trinajstić information content (AvgIpc) is 4.10. The quantitative estimate of drug-likeness (QED) is 0.0515. The Balaban J connectivity index is 0.776. The maximum absolute atomic E-state index is 14.2. The lowest BCUT2D eigenvalue weighted by atomic mass is 9.73. The first-order valence-electron chi connectivity index (χ1n) is 25.2. The summed E-state index contributed by atoms with van der Waals surface area (Å²) in [4.78, 5) is 75.6. The molecule has 1 aliphatic carbocycles. The zero-order valence-electron chi connectivity index (χ0n) is 41.9. The van der Waals surface area contributed by atoms with Crippen LogP contribution in [0.1, 0.15) is 94.5 Å². The first kappa shape index (κ1) is 50.8. The highest BCUT2D eigenvalue weighted by atomic mass is 32.1. The van der Waals surface area contributed by atoms with Gasteiger partial charge in [-0.15, -0.1) is 11.3 Å². The van der Waals surface area contributed by atoms with Crippen LogP contribution >= 0.6 is 11.3 Å². The van der Waals surface area contributed by atoms with Crippen molar-refractivity contribution in [2.75, 3.05) is 18.8 Å². The number of hydrogen-bond acceptors (Lipinski definition) is 12. The molecular formula is C57H64N10O5S. The van der Waals surface area contributed by atoms with Crippen LogP contribution in [0, 0.1) is 18.3 Å². The number of carbonyl (C=O) groups excluding carboxylic acids is 4. The first-order chi connectivity index (χ1) is 35.0. The number of ketones is 1. The summed E-state index contributed by atoms with van der Waals surface area (Å²) in [6.07, 6.45) is 5.32. The van der Waals surface area contributed by atoms with Gasteiger partial charge in [0.1, 0.15) is 23.2 Å². The van der Waals surface area contributed by atoms with Crippen molar-refractivity contribution in [3.8, 4) is 38.8 Å². The zero-order valence-corrected chi connectivity index (χ0v) is 42.8. The number of aliphatic hydroxyl groups excluding tert-OH is 1. The molecule has 7 aromatic rings. The largest absolute Gasteiger partial charge is 0.391 e. The van der Waals surface area contributed by atoms with Crippen molar-refractivity contribution in [2.45, 2.75) is 110 Å². The molecular weight excluding hydrogens is 937 g/mol. The Morgan fingerprint density at radius 1 is 0.890 bits per heavy atom. The number of benzene rings is 3. The minimum Gasteiger partial charge on any atom is -0.391 e. The number of anilines is 1. The number of aromatic nitrogens is 5. The Kier molecular flexibility index (Phi) is 15.0. The molecule has 4 aromatic heterocycles. The van der Waals surface area contributed by atoms with Gasteiger partial charge in [0.15, 0.2) is 11.5 Å². The van der Waals surface area contributed by atoms with Gasteiger partial charge < -0.3 is 32.1 Å². The number of aryl methyl sites for hydroxylation is 2. The Labute approximate surface area is 429 Å². The number of hydrogen-bond donors (Lipinski definition) is 5. The molecule has 7 N–H and O–H groups in total. The first-order valence-corrected chi connectivity index (χ1v) is 26.1. The Bertz CT molecular complexity index is 3140. The van der Waals surface area contributed by atoms with Gasteiger partial charge in [0.2, 0.25) is 17.7 Å². The van der Waals surface area contributed by atoms with Crippen molar-refractivity contribution in [1.29, 1.82) is 0 Å². The third-order valence-electron chi connectivity index (χ3n) is 14.4.